The molecular formula is C10H9N3O. The van der Waals surface area contributed by atoms with Crippen LogP contribution < -0.4 is 15.5 Å². The fourth-order valence-corrected chi connectivity index (χ4v) is 1.50. The Bertz CT molecular complexity index is 396. The van der Waals surface area contributed by atoms with Gasteiger partial charge in [0.2, 0.25) is 0 Å². The van der Waals surface area contributed by atoms with Crippen LogP contribution in [0.15, 0.2) is 41.1 Å². The number of hydrogen-bond donors (Lipinski definition) is 2. The Morgan fingerprint density at radius 1 is 1.29 bits per heavy atom. The van der Waals surface area contributed by atoms with Crippen LogP contribution in [0, 0.1) is 0 Å². The summed E-state index contributed by atoms with van der Waals surface area (Å²) in [5, 5.41) is 7.33. The minimum atomic E-state index is 0.606. The molecule has 0 fully saturated rings. The lowest BCUT2D eigenvalue weighted by Crippen LogP contribution is -2.30. The van der Waals surface area contributed by atoms with Crippen molar-refractivity contribution >= 4 is 11.6 Å². The van der Waals surface area contributed by atoms with Crippen molar-refractivity contribution in [2.45, 2.75) is 0 Å². The highest BCUT2D eigenvalue weighted by Gasteiger charge is 2.21. The molecular weight excluding hydrogens is 178 g/mol. The van der Waals surface area contributed by atoms with Crippen LogP contribution in [0.25, 0.3) is 0 Å². The Labute approximate surface area is 81.3 Å². The van der Waals surface area contributed by atoms with Gasteiger partial charge >= 0.3 is 0 Å². The molecule has 0 amide bonds. The third-order valence-electron chi connectivity index (χ3n) is 2.17. The second-order valence-electron chi connectivity index (χ2n) is 3.12. The number of rotatable bonds is 0. The van der Waals surface area contributed by atoms with Gasteiger partial charge < -0.3 is 15.5 Å². The van der Waals surface area contributed by atoms with Gasteiger partial charge in [-0.15, -0.1) is 5.10 Å². The molecule has 4 heteroatoms. The summed E-state index contributed by atoms with van der Waals surface area (Å²) in [6.45, 7) is 0.733. The summed E-state index contributed by atoms with van der Waals surface area (Å²) in [5.41, 5.74) is 4.78. The molecule has 2 N–H and O–H groups in total. The van der Waals surface area contributed by atoms with Gasteiger partial charge in [-0.3, -0.25) is 0 Å². The van der Waals surface area contributed by atoms with E-state index in [2.05, 4.69) is 15.8 Å². The molecule has 0 saturated heterocycles. The van der Waals surface area contributed by atoms with E-state index in [0.717, 1.165) is 23.7 Å². The van der Waals surface area contributed by atoms with E-state index in [1.54, 1.807) is 0 Å². The molecule has 14 heavy (non-hydrogen) atoms. The van der Waals surface area contributed by atoms with Gasteiger partial charge in [0, 0.05) is 0 Å². The van der Waals surface area contributed by atoms with E-state index in [-0.39, 0.29) is 0 Å². The van der Waals surface area contributed by atoms with Crippen molar-refractivity contribution in [1.29, 1.82) is 0 Å². The van der Waals surface area contributed by atoms with E-state index in [1.807, 2.05) is 30.3 Å². The van der Waals surface area contributed by atoms with E-state index >= 15 is 0 Å². The summed E-state index contributed by atoms with van der Waals surface area (Å²) in [7, 11) is 0. The first-order valence-electron chi connectivity index (χ1n) is 4.48. The van der Waals surface area contributed by atoms with Crippen LogP contribution in [0.5, 0.6) is 5.75 Å². The highest BCUT2D eigenvalue weighted by Crippen LogP contribution is 2.30. The van der Waals surface area contributed by atoms with Gasteiger partial charge in [-0.1, -0.05) is 12.1 Å². The second-order valence-corrected chi connectivity index (χ2v) is 3.12. The van der Waals surface area contributed by atoms with Crippen LogP contribution in [0.4, 0.5) is 5.69 Å². The summed E-state index contributed by atoms with van der Waals surface area (Å²) in [5.74, 6) is 1.42. The van der Waals surface area contributed by atoms with Crippen LogP contribution in [-0.2, 0) is 0 Å². The molecule has 1 aromatic rings. The minimum absolute atomic E-state index is 0.606. The molecule has 2 aliphatic rings. The maximum absolute atomic E-state index is 5.59. The predicted octanol–water partition coefficient (Wildman–Crippen LogP) is 1.29. The lowest BCUT2D eigenvalue weighted by molar-refractivity contribution is 0.529. The van der Waals surface area contributed by atoms with E-state index in [0.29, 0.717) is 5.90 Å². The number of benzene rings is 1. The fraction of sp³-hybridized carbons (Fsp3) is 0.100. The number of hydrogen-bond acceptors (Lipinski definition) is 4. The maximum Gasteiger partial charge on any atom is 0.259 e. The van der Waals surface area contributed by atoms with Crippen LogP contribution in [0.2, 0.25) is 0 Å². The quantitative estimate of drug-likeness (QED) is 0.643. The smallest absolute Gasteiger partial charge is 0.259 e. The normalized spacial score (nSPS) is 17.4. The molecule has 0 bridgehead atoms. The van der Waals surface area contributed by atoms with Gasteiger partial charge in [0.25, 0.3) is 5.90 Å². The van der Waals surface area contributed by atoms with Gasteiger partial charge in [-0.2, -0.15) is 0 Å². The lowest BCUT2D eigenvalue weighted by Gasteiger charge is -2.24. The zero-order valence-electron chi connectivity index (χ0n) is 7.45. The number of ether oxygens (including phenoxy) is 1. The van der Waals surface area contributed by atoms with Crippen molar-refractivity contribution in [3.63, 3.8) is 0 Å². The summed E-state index contributed by atoms with van der Waals surface area (Å²) >= 11 is 0. The third-order valence-corrected chi connectivity index (χ3v) is 2.17. The van der Waals surface area contributed by atoms with Gasteiger partial charge in [0.1, 0.15) is 5.70 Å². The number of hydrazone groups is 1. The van der Waals surface area contributed by atoms with Crippen LogP contribution in [-0.4, -0.2) is 12.4 Å². The summed E-state index contributed by atoms with van der Waals surface area (Å²) in [6, 6.07) is 7.80. The molecule has 0 radical (unpaired) electrons. The molecule has 2 heterocycles. The molecule has 0 saturated carbocycles. The number of nitrogens with one attached hydrogen (secondary N) is 2. The Morgan fingerprint density at radius 2 is 2.21 bits per heavy atom. The van der Waals surface area contributed by atoms with E-state index in [9.17, 15) is 0 Å². The van der Waals surface area contributed by atoms with E-state index in [1.165, 1.54) is 0 Å². The molecule has 3 rings (SSSR count). The summed E-state index contributed by atoms with van der Waals surface area (Å²) in [4.78, 5) is 0. The fourth-order valence-electron chi connectivity index (χ4n) is 1.50. The second kappa shape index (κ2) is 2.77. The topological polar surface area (TPSA) is 45.6 Å². The molecule has 0 aromatic heterocycles. The molecule has 4 nitrogen and oxygen atoms in total. The van der Waals surface area contributed by atoms with Crippen molar-refractivity contribution in [2.24, 2.45) is 5.10 Å². The number of anilines is 1. The van der Waals surface area contributed by atoms with E-state index < -0.39 is 0 Å². The van der Waals surface area contributed by atoms with Gasteiger partial charge in [-0.05, 0) is 18.2 Å². The molecule has 0 atom stereocenters. The number of fused-ring (bicyclic) bond motifs is 2. The Kier molecular flexibility index (Phi) is 1.47. The van der Waals surface area contributed by atoms with Crippen molar-refractivity contribution in [3.05, 3.63) is 36.0 Å². The van der Waals surface area contributed by atoms with Crippen molar-refractivity contribution in [1.82, 2.24) is 5.43 Å². The highest BCUT2D eigenvalue weighted by atomic mass is 16.5. The summed E-state index contributed by atoms with van der Waals surface area (Å²) in [6.07, 6.45) is 2.01. The average Bonchev–Trinajstić information content (AvgIpc) is 2.26. The van der Waals surface area contributed by atoms with Crippen molar-refractivity contribution in [2.75, 3.05) is 11.9 Å². The first-order chi connectivity index (χ1) is 6.93. The largest absolute Gasteiger partial charge is 0.434 e. The molecule has 70 valence electrons. The lowest BCUT2D eigenvalue weighted by atomic mass is 10.2. The van der Waals surface area contributed by atoms with Gasteiger partial charge in [0.05, 0.1) is 12.2 Å². The van der Waals surface area contributed by atoms with Gasteiger partial charge in [-0.25, -0.2) is 0 Å². The predicted molar refractivity (Wildman–Crippen MR) is 54.2 cm³/mol. The van der Waals surface area contributed by atoms with Crippen LogP contribution >= 0.6 is 0 Å². The molecule has 0 spiro atoms. The first-order valence-corrected chi connectivity index (χ1v) is 4.48. The number of nitrogens with zero attached hydrogens (tertiary/aromatic N) is 1. The Hall–Kier alpha value is -1.97. The number of para-hydroxylation sites is 2. The monoisotopic (exact) mass is 187 g/mol. The zero-order chi connectivity index (χ0) is 9.38. The molecule has 1 aromatic carbocycles. The minimum Gasteiger partial charge on any atom is -0.434 e. The summed E-state index contributed by atoms with van der Waals surface area (Å²) < 4.78 is 5.59. The Balaban J connectivity index is 2.07. The third kappa shape index (κ3) is 1.04. The zero-order valence-corrected chi connectivity index (χ0v) is 7.45. The molecule has 0 unspecified atom stereocenters. The molecule has 2 aliphatic heterocycles. The standard InChI is InChI=1S/C10H9N3O/c1-2-4-9-7(3-1)12-8-5-6-11-13-10(8)14-9/h1-5,11-12H,6H2. The van der Waals surface area contributed by atoms with Crippen molar-refractivity contribution < 1.29 is 4.74 Å². The highest BCUT2D eigenvalue weighted by molar-refractivity contribution is 6.01. The van der Waals surface area contributed by atoms with Gasteiger partial charge in [0.15, 0.2) is 5.75 Å². The maximum atomic E-state index is 5.59. The van der Waals surface area contributed by atoms with E-state index in [4.69, 9.17) is 4.74 Å². The van der Waals surface area contributed by atoms with Crippen LogP contribution in [0.1, 0.15) is 0 Å². The molecule has 0 aliphatic carbocycles. The first kappa shape index (κ1) is 7.44. The Morgan fingerprint density at radius 3 is 3.21 bits per heavy atom. The van der Waals surface area contributed by atoms with Crippen LogP contribution in [0.3, 0.4) is 0 Å². The SMILES string of the molecule is C1=C2Nc3ccccc3OC2=NNC1. The average molecular weight is 187 g/mol. The van der Waals surface area contributed by atoms with Crippen molar-refractivity contribution in [3.8, 4) is 5.75 Å².